The Hall–Kier alpha value is -2.40. The molecule has 2 unspecified atom stereocenters. The summed E-state index contributed by atoms with van der Waals surface area (Å²) in [5.74, 6) is -0.382. The van der Waals surface area contributed by atoms with Crippen LogP contribution in [0.25, 0.3) is 0 Å². The maximum absolute atomic E-state index is 12.9. The Morgan fingerprint density at radius 1 is 1.13 bits per heavy atom. The third-order valence-electron chi connectivity index (χ3n) is 4.83. The summed E-state index contributed by atoms with van der Waals surface area (Å²) in [6.45, 7) is 1.62. The molecule has 5 heteroatoms. The van der Waals surface area contributed by atoms with Crippen molar-refractivity contribution >= 4 is 17.3 Å². The Morgan fingerprint density at radius 2 is 1.91 bits per heavy atom. The molecule has 0 aliphatic carbocycles. The minimum absolute atomic E-state index is 0.0264. The van der Waals surface area contributed by atoms with E-state index in [0.717, 1.165) is 25.2 Å². The van der Waals surface area contributed by atoms with Crippen molar-refractivity contribution in [2.45, 2.75) is 17.9 Å². The van der Waals surface area contributed by atoms with Crippen LogP contribution in [0.2, 0.25) is 0 Å². The van der Waals surface area contributed by atoms with E-state index < -0.39 is 0 Å². The third-order valence-corrected chi connectivity index (χ3v) is 4.83. The van der Waals surface area contributed by atoms with Gasteiger partial charge in [-0.2, -0.15) is 0 Å². The van der Waals surface area contributed by atoms with Crippen molar-refractivity contribution < 1.29 is 9.18 Å². The van der Waals surface area contributed by atoms with Crippen molar-refractivity contribution in [3.63, 3.8) is 0 Å². The average molecular weight is 311 g/mol. The highest BCUT2D eigenvalue weighted by Gasteiger charge is 2.46. The summed E-state index contributed by atoms with van der Waals surface area (Å²) in [5.41, 5.74) is 3.03. The third kappa shape index (κ3) is 2.47. The standard InChI is InChI=1S/C18H18FN3O/c19-12-5-7-13(8-6-12)22-17(23)16-9-18(11-21-16)10-20-15-4-2-1-3-14(15)18/h1-8,16,20-21H,9-11H2,(H,22,23). The monoisotopic (exact) mass is 311 g/mol. The van der Waals surface area contributed by atoms with Crippen LogP contribution in [-0.2, 0) is 10.2 Å². The average Bonchev–Trinajstić information content (AvgIpc) is 3.16. The molecule has 2 heterocycles. The number of benzene rings is 2. The first kappa shape index (κ1) is 14.2. The van der Waals surface area contributed by atoms with E-state index in [1.54, 1.807) is 12.1 Å². The first-order valence-electron chi connectivity index (χ1n) is 7.80. The number of para-hydroxylation sites is 1. The second-order valence-electron chi connectivity index (χ2n) is 6.31. The van der Waals surface area contributed by atoms with Crippen LogP contribution < -0.4 is 16.0 Å². The number of fused-ring (bicyclic) bond motifs is 2. The number of amides is 1. The quantitative estimate of drug-likeness (QED) is 0.799. The van der Waals surface area contributed by atoms with Gasteiger partial charge in [0, 0.05) is 29.9 Å². The molecule has 23 heavy (non-hydrogen) atoms. The number of carbonyl (C=O) groups is 1. The Morgan fingerprint density at radius 3 is 2.74 bits per heavy atom. The number of hydrogen-bond acceptors (Lipinski definition) is 3. The number of anilines is 2. The highest BCUT2D eigenvalue weighted by atomic mass is 19.1. The summed E-state index contributed by atoms with van der Waals surface area (Å²) in [5, 5.41) is 9.62. The molecule has 1 fully saturated rings. The van der Waals surface area contributed by atoms with Gasteiger partial charge < -0.3 is 16.0 Å². The second kappa shape index (κ2) is 5.35. The second-order valence-corrected chi connectivity index (χ2v) is 6.31. The van der Waals surface area contributed by atoms with Crippen molar-refractivity contribution in [3.05, 3.63) is 59.9 Å². The van der Waals surface area contributed by atoms with Crippen molar-refractivity contribution in [1.29, 1.82) is 0 Å². The van der Waals surface area contributed by atoms with E-state index in [9.17, 15) is 9.18 Å². The van der Waals surface area contributed by atoms with Crippen LogP contribution in [0.5, 0.6) is 0 Å². The molecule has 2 aromatic rings. The Kier molecular flexibility index (Phi) is 3.31. The minimum atomic E-state index is -0.311. The first-order valence-corrected chi connectivity index (χ1v) is 7.80. The highest BCUT2D eigenvalue weighted by molar-refractivity contribution is 5.95. The van der Waals surface area contributed by atoms with E-state index in [-0.39, 0.29) is 23.2 Å². The van der Waals surface area contributed by atoms with E-state index in [1.165, 1.54) is 17.7 Å². The molecule has 4 rings (SSSR count). The fourth-order valence-electron chi connectivity index (χ4n) is 3.60. The summed E-state index contributed by atoms with van der Waals surface area (Å²) >= 11 is 0. The number of carbonyl (C=O) groups excluding carboxylic acids is 1. The molecular formula is C18H18FN3O. The van der Waals surface area contributed by atoms with Gasteiger partial charge in [-0.05, 0) is 42.3 Å². The van der Waals surface area contributed by atoms with Crippen LogP contribution >= 0.6 is 0 Å². The summed E-state index contributed by atoms with van der Waals surface area (Å²) in [7, 11) is 0. The van der Waals surface area contributed by atoms with Gasteiger partial charge in [0.1, 0.15) is 5.82 Å². The van der Waals surface area contributed by atoms with Crippen molar-refractivity contribution in [3.8, 4) is 0 Å². The maximum atomic E-state index is 12.9. The lowest BCUT2D eigenvalue weighted by atomic mass is 9.80. The Labute approximate surface area is 134 Å². The van der Waals surface area contributed by atoms with Crippen LogP contribution in [0.1, 0.15) is 12.0 Å². The van der Waals surface area contributed by atoms with Crippen LogP contribution in [0.3, 0.4) is 0 Å². The molecule has 2 atom stereocenters. The van der Waals surface area contributed by atoms with Crippen LogP contribution in [0.4, 0.5) is 15.8 Å². The van der Waals surface area contributed by atoms with Gasteiger partial charge in [0.05, 0.1) is 6.04 Å². The Balaban J connectivity index is 1.48. The molecule has 3 N–H and O–H groups in total. The lowest BCUT2D eigenvalue weighted by molar-refractivity contribution is -0.117. The number of nitrogens with one attached hydrogen (secondary N) is 3. The van der Waals surface area contributed by atoms with E-state index >= 15 is 0 Å². The molecule has 2 aromatic carbocycles. The van der Waals surface area contributed by atoms with Crippen LogP contribution in [-0.4, -0.2) is 25.0 Å². The summed E-state index contributed by atoms with van der Waals surface area (Å²) in [6.07, 6.45) is 0.754. The zero-order chi connectivity index (χ0) is 15.9. The lowest BCUT2D eigenvalue weighted by Gasteiger charge is -2.22. The van der Waals surface area contributed by atoms with Gasteiger partial charge in [0.2, 0.25) is 5.91 Å². The molecule has 0 aromatic heterocycles. The molecule has 0 radical (unpaired) electrons. The maximum Gasteiger partial charge on any atom is 0.241 e. The van der Waals surface area contributed by atoms with Crippen molar-refractivity contribution in [2.75, 3.05) is 23.7 Å². The van der Waals surface area contributed by atoms with Gasteiger partial charge in [-0.15, -0.1) is 0 Å². The zero-order valence-electron chi connectivity index (χ0n) is 12.6. The molecule has 4 nitrogen and oxygen atoms in total. The van der Waals surface area contributed by atoms with Gasteiger partial charge in [0.15, 0.2) is 0 Å². The summed E-state index contributed by atoms with van der Waals surface area (Å²) in [6, 6.07) is 13.9. The fourth-order valence-corrected chi connectivity index (χ4v) is 3.60. The topological polar surface area (TPSA) is 53.2 Å². The van der Waals surface area contributed by atoms with Gasteiger partial charge in [-0.3, -0.25) is 4.79 Å². The molecular weight excluding hydrogens is 293 g/mol. The first-order chi connectivity index (χ1) is 11.2. The van der Waals surface area contributed by atoms with E-state index in [0.29, 0.717) is 5.69 Å². The van der Waals surface area contributed by atoms with Crippen LogP contribution in [0, 0.1) is 5.82 Å². The largest absolute Gasteiger partial charge is 0.384 e. The van der Waals surface area contributed by atoms with Gasteiger partial charge >= 0.3 is 0 Å². The molecule has 118 valence electrons. The zero-order valence-corrected chi connectivity index (χ0v) is 12.6. The smallest absolute Gasteiger partial charge is 0.241 e. The molecule has 0 saturated carbocycles. The normalized spacial score (nSPS) is 25.2. The van der Waals surface area contributed by atoms with E-state index in [1.807, 2.05) is 12.1 Å². The predicted molar refractivity (Wildman–Crippen MR) is 88.0 cm³/mol. The molecule has 1 spiro atoms. The molecule has 1 saturated heterocycles. The highest BCUT2D eigenvalue weighted by Crippen LogP contribution is 2.42. The van der Waals surface area contributed by atoms with E-state index in [4.69, 9.17) is 0 Å². The van der Waals surface area contributed by atoms with Crippen LogP contribution in [0.15, 0.2) is 48.5 Å². The molecule has 0 bridgehead atoms. The number of rotatable bonds is 2. The fraction of sp³-hybridized carbons (Fsp3) is 0.278. The predicted octanol–water partition coefficient (Wildman–Crippen LogP) is 2.49. The molecule has 1 amide bonds. The lowest BCUT2D eigenvalue weighted by Crippen LogP contribution is -2.35. The van der Waals surface area contributed by atoms with Crippen molar-refractivity contribution in [2.24, 2.45) is 0 Å². The SMILES string of the molecule is O=C(Nc1ccc(F)cc1)C1CC2(CNc3ccccc32)CN1. The van der Waals surface area contributed by atoms with Gasteiger partial charge in [-0.1, -0.05) is 18.2 Å². The van der Waals surface area contributed by atoms with Crippen molar-refractivity contribution in [1.82, 2.24) is 5.32 Å². The van der Waals surface area contributed by atoms with Gasteiger partial charge in [-0.25, -0.2) is 4.39 Å². The Bertz CT molecular complexity index is 746. The molecule has 2 aliphatic heterocycles. The summed E-state index contributed by atoms with van der Waals surface area (Å²) < 4.78 is 12.9. The van der Waals surface area contributed by atoms with E-state index in [2.05, 4.69) is 28.1 Å². The number of halogens is 1. The minimum Gasteiger partial charge on any atom is -0.384 e. The summed E-state index contributed by atoms with van der Waals surface area (Å²) in [4.78, 5) is 12.5. The molecule has 2 aliphatic rings. The van der Waals surface area contributed by atoms with Gasteiger partial charge in [0.25, 0.3) is 0 Å². The number of hydrogen-bond donors (Lipinski definition) is 3.